The highest BCUT2D eigenvalue weighted by Crippen LogP contribution is 2.31. The summed E-state index contributed by atoms with van der Waals surface area (Å²) in [5, 5.41) is 7.77. The average Bonchev–Trinajstić information content (AvgIpc) is 3.23. The largest absolute Gasteiger partial charge is 0.397 e. The van der Waals surface area contributed by atoms with Crippen molar-refractivity contribution in [2.75, 3.05) is 10.5 Å². The Bertz CT molecular complexity index is 1570. The number of H-pyrrole nitrogens is 1. The molecule has 0 atom stereocenters. The molecule has 2 aromatic heterocycles. The van der Waals surface area contributed by atoms with Gasteiger partial charge in [-0.25, -0.2) is 32.2 Å². The van der Waals surface area contributed by atoms with Crippen molar-refractivity contribution in [1.29, 1.82) is 5.41 Å². The minimum atomic E-state index is -3.89. The molecule has 10 nitrogen and oxygen atoms in total. The summed E-state index contributed by atoms with van der Waals surface area (Å²) < 4.78 is 56.0. The molecule has 13 heteroatoms. The van der Waals surface area contributed by atoms with Gasteiger partial charge in [-0.2, -0.15) is 0 Å². The number of ketones is 1. The molecule has 0 amide bonds. The van der Waals surface area contributed by atoms with E-state index in [1.165, 1.54) is 30.8 Å². The molecule has 0 fully saturated rings. The lowest BCUT2D eigenvalue weighted by molar-refractivity contribution is 0.103. The van der Waals surface area contributed by atoms with Gasteiger partial charge in [-0.1, -0.05) is 6.92 Å². The predicted octanol–water partition coefficient (Wildman–Crippen LogP) is 3.12. The van der Waals surface area contributed by atoms with E-state index in [1.54, 1.807) is 6.92 Å². The Morgan fingerprint density at radius 2 is 2.03 bits per heavy atom. The summed E-state index contributed by atoms with van der Waals surface area (Å²) in [5.41, 5.74) is 4.90. The number of carbonyl (C=O) groups excluding carboxylic acids is 1. The molecule has 1 aromatic carbocycles. The summed E-state index contributed by atoms with van der Waals surface area (Å²) in [6.07, 6.45) is 7.09. The van der Waals surface area contributed by atoms with E-state index in [2.05, 4.69) is 19.9 Å². The Kier molecular flexibility index (Phi) is 6.26. The lowest BCUT2D eigenvalue weighted by atomic mass is 10.0. The first-order chi connectivity index (χ1) is 16.6. The molecule has 0 aliphatic heterocycles. The van der Waals surface area contributed by atoms with Crippen LogP contribution in [0.15, 0.2) is 53.6 Å². The van der Waals surface area contributed by atoms with Gasteiger partial charge < -0.3 is 10.7 Å². The normalized spacial score (nSPS) is 15.0. The Morgan fingerprint density at radius 1 is 1.26 bits per heavy atom. The maximum atomic E-state index is 15.2. The summed E-state index contributed by atoms with van der Waals surface area (Å²) >= 11 is 0. The van der Waals surface area contributed by atoms with E-state index in [-0.39, 0.29) is 46.0 Å². The van der Waals surface area contributed by atoms with Crippen LogP contribution in [0.3, 0.4) is 0 Å². The van der Waals surface area contributed by atoms with E-state index < -0.39 is 38.7 Å². The van der Waals surface area contributed by atoms with Crippen LogP contribution in [0.1, 0.15) is 29.3 Å². The number of benzene rings is 1. The van der Waals surface area contributed by atoms with Crippen molar-refractivity contribution >= 4 is 49.8 Å². The molecule has 0 saturated heterocycles. The highest BCUT2D eigenvalue weighted by molar-refractivity contribution is 7.92. The monoisotopic (exact) mass is 499 g/mol. The van der Waals surface area contributed by atoms with E-state index >= 15 is 4.39 Å². The van der Waals surface area contributed by atoms with E-state index in [9.17, 15) is 17.6 Å². The number of aromatic nitrogens is 3. The number of allylic oxidation sites excluding steroid dienone is 3. The van der Waals surface area contributed by atoms with Gasteiger partial charge in [0.15, 0.2) is 11.6 Å². The van der Waals surface area contributed by atoms with Gasteiger partial charge >= 0.3 is 0 Å². The molecule has 3 aromatic rings. The topological polar surface area (TPSA) is 167 Å². The fourth-order valence-electron chi connectivity index (χ4n) is 3.41. The van der Waals surface area contributed by atoms with Crippen molar-refractivity contribution in [2.24, 2.45) is 10.7 Å². The van der Waals surface area contributed by atoms with Gasteiger partial charge in [0.05, 0.1) is 45.1 Å². The van der Waals surface area contributed by atoms with Crippen molar-refractivity contribution in [1.82, 2.24) is 15.0 Å². The number of aliphatic imine (C=N–C) groups is 1. The number of halogens is 2. The van der Waals surface area contributed by atoms with Crippen molar-refractivity contribution in [2.45, 2.75) is 13.3 Å². The first-order valence-electron chi connectivity index (χ1n) is 10.3. The van der Waals surface area contributed by atoms with E-state index in [0.29, 0.717) is 5.71 Å². The fourth-order valence-corrected chi connectivity index (χ4v) is 4.55. The predicted molar refractivity (Wildman–Crippen MR) is 128 cm³/mol. The number of nitrogens with one attached hydrogen (secondary N) is 3. The third kappa shape index (κ3) is 4.71. The minimum absolute atomic E-state index is 0.0253. The lowest BCUT2D eigenvalue weighted by Gasteiger charge is -2.11. The first-order valence-corrected chi connectivity index (χ1v) is 11.9. The summed E-state index contributed by atoms with van der Waals surface area (Å²) in [4.78, 5) is 28.5. The van der Waals surface area contributed by atoms with Gasteiger partial charge in [-0.05, 0) is 36.8 Å². The van der Waals surface area contributed by atoms with Crippen molar-refractivity contribution < 1.29 is 22.0 Å². The van der Waals surface area contributed by atoms with Crippen molar-refractivity contribution in [3.63, 3.8) is 0 Å². The summed E-state index contributed by atoms with van der Waals surface area (Å²) in [6, 6.07) is 1.72. The van der Waals surface area contributed by atoms with E-state index in [4.69, 9.17) is 11.1 Å². The third-order valence-electron chi connectivity index (χ3n) is 5.02. The van der Waals surface area contributed by atoms with Crippen LogP contribution >= 0.6 is 0 Å². The number of sulfonamides is 1. The standard InChI is InChI=1S/C22H19F2N7O3S/c1-2-7-35(33,34)31-16-6-4-13(23)18(19(16)24)20(32)12-9-27-21-17(12)22(29-10-28-21)30-11-3-5-14(25)15(26)8-11/h3-6,8-10,25,31H,2,7,26H2,1H3,(H,27,28,29). The molecule has 0 bridgehead atoms. The van der Waals surface area contributed by atoms with Crippen LogP contribution in [0.25, 0.3) is 11.0 Å². The maximum Gasteiger partial charge on any atom is 0.232 e. The second-order valence-electron chi connectivity index (χ2n) is 7.54. The first kappa shape index (κ1) is 23.9. The summed E-state index contributed by atoms with van der Waals surface area (Å²) in [7, 11) is -3.89. The zero-order valence-corrected chi connectivity index (χ0v) is 19.1. The van der Waals surface area contributed by atoms with Crippen LogP contribution in [0.5, 0.6) is 0 Å². The molecule has 0 radical (unpaired) electrons. The smallest absolute Gasteiger partial charge is 0.232 e. The SMILES string of the molecule is CCCS(=O)(=O)Nc1ccc(F)c(C(=O)c2c[nH]c3ncnc(N=C4C=CC(=N)C(N)=C4)c23)c1F. The molecular formula is C22H19F2N7O3S. The number of nitrogens with two attached hydrogens (primary N) is 1. The molecule has 0 saturated carbocycles. The van der Waals surface area contributed by atoms with Gasteiger partial charge in [-0.15, -0.1) is 0 Å². The summed E-state index contributed by atoms with van der Waals surface area (Å²) in [5.74, 6) is -3.83. The van der Waals surface area contributed by atoms with Crippen LogP contribution in [0, 0.1) is 17.0 Å². The van der Waals surface area contributed by atoms with E-state index in [0.717, 1.165) is 12.1 Å². The number of carbonyl (C=O) groups is 1. The van der Waals surface area contributed by atoms with Gasteiger partial charge in [0.2, 0.25) is 15.8 Å². The number of anilines is 1. The molecule has 1 aliphatic carbocycles. The molecule has 2 heterocycles. The lowest BCUT2D eigenvalue weighted by Crippen LogP contribution is -2.18. The highest BCUT2D eigenvalue weighted by Gasteiger charge is 2.27. The van der Waals surface area contributed by atoms with Crippen LogP contribution in [-0.2, 0) is 10.0 Å². The molecule has 4 rings (SSSR count). The highest BCUT2D eigenvalue weighted by atomic mass is 32.2. The summed E-state index contributed by atoms with van der Waals surface area (Å²) in [6.45, 7) is 1.63. The zero-order valence-electron chi connectivity index (χ0n) is 18.3. The maximum absolute atomic E-state index is 15.2. The van der Waals surface area contributed by atoms with E-state index in [1.807, 2.05) is 4.72 Å². The Morgan fingerprint density at radius 3 is 2.74 bits per heavy atom. The second kappa shape index (κ2) is 9.18. The molecule has 35 heavy (non-hydrogen) atoms. The second-order valence-corrected chi connectivity index (χ2v) is 9.38. The Labute approximate surface area is 198 Å². The molecule has 180 valence electrons. The molecular weight excluding hydrogens is 480 g/mol. The molecule has 0 spiro atoms. The number of hydrogen-bond donors (Lipinski definition) is 4. The van der Waals surface area contributed by atoms with Gasteiger partial charge in [0.25, 0.3) is 0 Å². The number of rotatable bonds is 7. The molecule has 1 aliphatic rings. The van der Waals surface area contributed by atoms with Gasteiger partial charge in [0, 0.05) is 6.20 Å². The fraction of sp³-hybridized carbons (Fsp3) is 0.136. The average molecular weight is 500 g/mol. The quantitative estimate of drug-likeness (QED) is 0.288. The van der Waals surface area contributed by atoms with Crippen LogP contribution < -0.4 is 10.5 Å². The van der Waals surface area contributed by atoms with Crippen LogP contribution in [0.4, 0.5) is 20.3 Å². The Balaban J connectivity index is 1.82. The van der Waals surface area contributed by atoms with Gasteiger partial charge in [0.1, 0.15) is 17.8 Å². The van der Waals surface area contributed by atoms with Crippen molar-refractivity contribution in [3.8, 4) is 0 Å². The third-order valence-corrected chi connectivity index (χ3v) is 6.50. The molecule has 0 unspecified atom stereocenters. The number of hydrogen-bond acceptors (Lipinski definition) is 8. The molecule has 5 N–H and O–H groups in total. The number of nitrogens with zero attached hydrogens (tertiary/aromatic N) is 3. The number of aromatic amines is 1. The van der Waals surface area contributed by atoms with Crippen molar-refractivity contribution in [3.05, 3.63) is 71.3 Å². The minimum Gasteiger partial charge on any atom is -0.397 e. The van der Waals surface area contributed by atoms with Gasteiger partial charge in [-0.3, -0.25) is 14.9 Å². The zero-order chi connectivity index (χ0) is 25.3. The van der Waals surface area contributed by atoms with Crippen LogP contribution in [0.2, 0.25) is 0 Å². The van der Waals surface area contributed by atoms with Crippen LogP contribution in [-0.4, -0.2) is 46.3 Å². The number of fused-ring (bicyclic) bond motifs is 1. The Hall–Kier alpha value is -4.26.